The number of nitrogens with one attached hydrogen (secondary N) is 2. The van der Waals surface area contributed by atoms with Crippen LogP contribution >= 0.6 is 39.1 Å². The van der Waals surface area contributed by atoms with E-state index in [1.807, 2.05) is 0 Å². The molecular formula is C10H8BrCl2N5. The number of aromatic nitrogens is 2. The lowest BCUT2D eigenvalue weighted by Crippen LogP contribution is -2.09. The SMILES string of the molecule is NNc1cncc(Nc2ccc(Br)c(Cl)c2Cl)n1. The third-order valence-corrected chi connectivity index (χ3v) is 3.85. The summed E-state index contributed by atoms with van der Waals surface area (Å²) >= 11 is 15.4. The van der Waals surface area contributed by atoms with Crippen molar-refractivity contribution in [1.29, 1.82) is 0 Å². The summed E-state index contributed by atoms with van der Waals surface area (Å²) in [7, 11) is 0. The Morgan fingerprint density at radius 1 is 1.11 bits per heavy atom. The van der Waals surface area contributed by atoms with Crippen molar-refractivity contribution >= 4 is 56.5 Å². The Hall–Kier alpha value is -1.08. The molecule has 4 N–H and O–H groups in total. The Kier molecular flexibility index (Phi) is 4.23. The molecule has 0 aliphatic carbocycles. The Morgan fingerprint density at radius 2 is 1.83 bits per heavy atom. The van der Waals surface area contributed by atoms with Crippen LogP contribution in [0.3, 0.4) is 0 Å². The minimum absolute atomic E-state index is 0.402. The van der Waals surface area contributed by atoms with Gasteiger partial charge in [-0.15, -0.1) is 0 Å². The summed E-state index contributed by atoms with van der Waals surface area (Å²) in [5.41, 5.74) is 3.04. The lowest BCUT2D eigenvalue weighted by molar-refractivity contribution is 1.16. The molecule has 0 aliphatic heterocycles. The van der Waals surface area contributed by atoms with E-state index < -0.39 is 0 Å². The van der Waals surface area contributed by atoms with Crippen molar-refractivity contribution in [3.8, 4) is 0 Å². The molecule has 5 nitrogen and oxygen atoms in total. The lowest BCUT2D eigenvalue weighted by Gasteiger charge is -2.10. The number of nitrogens with zero attached hydrogens (tertiary/aromatic N) is 2. The van der Waals surface area contributed by atoms with Crippen LogP contribution in [0.2, 0.25) is 10.0 Å². The van der Waals surface area contributed by atoms with Gasteiger partial charge in [-0.1, -0.05) is 23.2 Å². The fraction of sp³-hybridized carbons (Fsp3) is 0. The predicted molar refractivity (Wildman–Crippen MR) is 77.3 cm³/mol. The van der Waals surface area contributed by atoms with Crippen LogP contribution in [-0.4, -0.2) is 9.97 Å². The van der Waals surface area contributed by atoms with Gasteiger partial charge in [0.1, 0.15) is 0 Å². The van der Waals surface area contributed by atoms with Crippen molar-refractivity contribution in [2.24, 2.45) is 5.84 Å². The number of nitrogen functional groups attached to an aromatic ring is 1. The quantitative estimate of drug-likeness (QED) is 0.449. The molecule has 0 atom stereocenters. The van der Waals surface area contributed by atoms with Crippen LogP contribution in [0, 0.1) is 0 Å². The third-order valence-electron chi connectivity index (χ3n) is 2.08. The first-order chi connectivity index (χ1) is 8.61. The van der Waals surface area contributed by atoms with Crippen LogP contribution in [0.15, 0.2) is 29.0 Å². The predicted octanol–water partition coefficient (Wildman–Crippen LogP) is 3.58. The van der Waals surface area contributed by atoms with Crippen LogP contribution in [0.4, 0.5) is 17.3 Å². The van der Waals surface area contributed by atoms with Crippen LogP contribution in [0.25, 0.3) is 0 Å². The summed E-state index contributed by atoms with van der Waals surface area (Å²) in [6.07, 6.45) is 3.05. The average molecular weight is 349 g/mol. The number of benzene rings is 1. The molecule has 0 unspecified atom stereocenters. The largest absolute Gasteiger partial charge is 0.338 e. The van der Waals surface area contributed by atoms with E-state index in [4.69, 9.17) is 29.0 Å². The van der Waals surface area contributed by atoms with E-state index in [9.17, 15) is 0 Å². The van der Waals surface area contributed by atoms with E-state index >= 15 is 0 Å². The number of nitrogens with two attached hydrogens (primary N) is 1. The molecule has 1 heterocycles. The zero-order chi connectivity index (χ0) is 13.1. The summed E-state index contributed by atoms with van der Waals surface area (Å²) < 4.78 is 0.725. The van der Waals surface area contributed by atoms with Gasteiger partial charge in [0.15, 0.2) is 11.6 Å². The van der Waals surface area contributed by atoms with Gasteiger partial charge in [-0.2, -0.15) is 0 Å². The van der Waals surface area contributed by atoms with Gasteiger partial charge in [0.25, 0.3) is 0 Å². The maximum atomic E-state index is 6.11. The van der Waals surface area contributed by atoms with E-state index in [1.165, 1.54) is 6.20 Å². The molecule has 0 amide bonds. The molecule has 0 saturated carbocycles. The van der Waals surface area contributed by atoms with Gasteiger partial charge in [0, 0.05) is 4.47 Å². The van der Waals surface area contributed by atoms with E-state index in [1.54, 1.807) is 18.3 Å². The molecule has 1 aromatic heterocycles. The molecular weight excluding hydrogens is 341 g/mol. The molecule has 1 aromatic carbocycles. The Labute approximate surface area is 122 Å². The van der Waals surface area contributed by atoms with Gasteiger partial charge in [-0.25, -0.2) is 10.8 Å². The molecule has 8 heteroatoms. The van der Waals surface area contributed by atoms with Crippen LogP contribution in [0.1, 0.15) is 0 Å². The number of rotatable bonds is 3. The topological polar surface area (TPSA) is 75.9 Å². The molecule has 0 fully saturated rings. The second-order valence-corrected chi connectivity index (χ2v) is 4.89. The van der Waals surface area contributed by atoms with Gasteiger partial charge in [-0.3, -0.25) is 4.98 Å². The average Bonchev–Trinajstić information content (AvgIpc) is 2.40. The summed E-state index contributed by atoms with van der Waals surface area (Å²) in [5, 5.41) is 3.84. The van der Waals surface area contributed by atoms with Crippen molar-refractivity contribution in [2.75, 3.05) is 10.7 Å². The molecule has 2 rings (SSSR count). The zero-order valence-corrected chi connectivity index (χ0v) is 12.0. The first kappa shape index (κ1) is 13.4. The van der Waals surface area contributed by atoms with Gasteiger partial charge in [-0.05, 0) is 28.1 Å². The first-order valence-corrected chi connectivity index (χ1v) is 6.36. The fourth-order valence-electron chi connectivity index (χ4n) is 1.26. The second-order valence-electron chi connectivity index (χ2n) is 3.28. The molecule has 2 aromatic rings. The fourth-order valence-corrected chi connectivity index (χ4v) is 2.08. The number of anilines is 3. The molecule has 0 aliphatic rings. The molecule has 0 radical (unpaired) electrons. The highest BCUT2D eigenvalue weighted by Gasteiger charge is 2.09. The number of hydrogen-bond donors (Lipinski definition) is 3. The molecule has 94 valence electrons. The van der Waals surface area contributed by atoms with Crippen molar-refractivity contribution in [2.45, 2.75) is 0 Å². The van der Waals surface area contributed by atoms with E-state index in [2.05, 4.69) is 36.6 Å². The standard InChI is InChI=1S/C10H8BrCl2N5/c11-5-1-2-6(10(13)9(5)12)16-7-3-15-4-8(17-7)18-14/h1-4H,14H2,(H2,16,17,18). The summed E-state index contributed by atoms with van der Waals surface area (Å²) in [5.74, 6) is 6.20. The van der Waals surface area contributed by atoms with Gasteiger partial charge < -0.3 is 10.7 Å². The molecule has 18 heavy (non-hydrogen) atoms. The van der Waals surface area contributed by atoms with Crippen molar-refractivity contribution in [1.82, 2.24) is 9.97 Å². The van der Waals surface area contributed by atoms with Gasteiger partial charge in [0.05, 0.1) is 28.1 Å². The Balaban J connectivity index is 2.31. The van der Waals surface area contributed by atoms with Gasteiger partial charge in [0.2, 0.25) is 0 Å². The van der Waals surface area contributed by atoms with E-state index in [-0.39, 0.29) is 0 Å². The van der Waals surface area contributed by atoms with Gasteiger partial charge >= 0.3 is 0 Å². The Bertz CT molecular complexity index is 578. The summed E-state index contributed by atoms with van der Waals surface area (Å²) in [4.78, 5) is 8.13. The lowest BCUT2D eigenvalue weighted by atomic mass is 10.3. The second kappa shape index (κ2) is 5.71. The smallest absolute Gasteiger partial charge is 0.160 e. The normalized spacial score (nSPS) is 10.2. The monoisotopic (exact) mass is 347 g/mol. The zero-order valence-electron chi connectivity index (χ0n) is 8.92. The molecule has 0 saturated heterocycles. The van der Waals surface area contributed by atoms with Crippen molar-refractivity contribution in [3.05, 3.63) is 39.0 Å². The Morgan fingerprint density at radius 3 is 2.56 bits per heavy atom. The highest BCUT2D eigenvalue weighted by atomic mass is 79.9. The number of hydrogen-bond acceptors (Lipinski definition) is 5. The highest BCUT2D eigenvalue weighted by Crippen LogP contribution is 2.36. The summed E-state index contributed by atoms with van der Waals surface area (Å²) in [6, 6.07) is 3.57. The van der Waals surface area contributed by atoms with Crippen LogP contribution in [0.5, 0.6) is 0 Å². The summed E-state index contributed by atoms with van der Waals surface area (Å²) in [6.45, 7) is 0. The maximum Gasteiger partial charge on any atom is 0.160 e. The van der Waals surface area contributed by atoms with Crippen molar-refractivity contribution < 1.29 is 0 Å². The highest BCUT2D eigenvalue weighted by molar-refractivity contribution is 9.10. The van der Waals surface area contributed by atoms with Crippen molar-refractivity contribution in [3.63, 3.8) is 0 Å². The third kappa shape index (κ3) is 2.84. The minimum Gasteiger partial charge on any atom is -0.338 e. The van der Waals surface area contributed by atoms with E-state index in [0.717, 1.165) is 4.47 Å². The maximum absolute atomic E-state index is 6.11. The van der Waals surface area contributed by atoms with E-state index in [0.29, 0.717) is 27.4 Å². The molecule has 0 spiro atoms. The number of hydrazine groups is 1. The van der Waals surface area contributed by atoms with Crippen LogP contribution < -0.4 is 16.6 Å². The van der Waals surface area contributed by atoms with Crippen LogP contribution in [-0.2, 0) is 0 Å². The minimum atomic E-state index is 0.402. The molecule has 0 bridgehead atoms. The number of halogens is 3. The first-order valence-electron chi connectivity index (χ1n) is 4.81.